The van der Waals surface area contributed by atoms with Gasteiger partial charge in [0.1, 0.15) is 0 Å². The molecule has 1 rings (SSSR count). The van der Waals surface area contributed by atoms with Gasteiger partial charge in [0.15, 0.2) is 0 Å². The molecule has 0 heterocycles. The van der Waals surface area contributed by atoms with Crippen molar-refractivity contribution < 1.29 is 8.42 Å². The summed E-state index contributed by atoms with van der Waals surface area (Å²) in [5.41, 5.74) is 7.20. The van der Waals surface area contributed by atoms with Crippen molar-refractivity contribution in [3.63, 3.8) is 0 Å². The fourth-order valence-electron chi connectivity index (χ4n) is 1.53. The first-order chi connectivity index (χ1) is 7.80. The van der Waals surface area contributed by atoms with Gasteiger partial charge in [-0.15, -0.1) is 0 Å². The second-order valence-corrected chi connectivity index (χ2v) is 6.34. The summed E-state index contributed by atoms with van der Waals surface area (Å²) in [6.45, 7) is 5.78. The first kappa shape index (κ1) is 14.2. The van der Waals surface area contributed by atoms with Crippen LogP contribution in [0.1, 0.15) is 18.1 Å². The highest BCUT2D eigenvalue weighted by Crippen LogP contribution is 2.21. The maximum Gasteiger partial charge on any atom is 0.243 e. The monoisotopic (exact) mass is 256 g/mol. The summed E-state index contributed by atoms with van der Waals surface area (Å²) in [4.78, 5) is 0.361. The van der Waals surface area contributed by atoms with Crippen molar-refractivity contribution in [3.8, 4) is 0 Å². The molecule has 1 aromatic carbocycles. The van der Waals surface area contributed by atoms with Crippen LogP contribution in [-0.2, 0) is 10.0 Å². The second kappa shape index (κ2) is 5.16. The molecule has 0 amide bonds. The number of rotatable bonds is 4. The number of benzene rings is 1. The molecule has 5 heteroatoms. The maximum absolute atomic E-state index is 12.4. The minimum atomic E-state index is -3.45. The van der Waals surface area contributed by atoms with Crippen LogP contribution >= 0.6 is 0 Å². The molecule has 1 aromatic rings. The Bertz CT molecular complexity index is 497. The lowest BCUT2D eigenvalue weighted by Gasteiger charge is -2.24. The Kier molecular flexibility index (Phi) is 4.30. The topological polar surface area (TPSA) is 63.4 Å². The average molecular weight is 256 g/mol. The quantitative estimate of drug-likeness (QED) is 0.882. The summed E-state index contributed by atoms with van der Waals surface area (Å²) in [7, 11) is -1.89. The zero-order chi connectivity index (χ0) is 13.2. The van der Waals surface area contributed by atoms with Crippen LogP contribution in [0.15, 0.2) is 23.1 Å². The molecular formula is C12H20N2O2S. The summed E-state index contributed by atoms with van der Waals surface area (Å²) in [5, 5.41) is 0. The van der Waals surface area contributed by atoms with E-state index in [9.17, 15) is 8.42 Å². The number of sulfonamides is 1. The van der Waals surface area contributed by atoms with Gasteiger partial charge >= 0.3 is 0 Å². The first-order valence-electron chi connectivity index (χ1n) is 5.56. The molecular weight excluding hydrogens is 236 g/mol. The van der Waals surface area contributed by atoms with E-state index in [2.05, 4.69) is 0 Å². The van der Waals surface area contributed by atoms with E-state index in [1.807, 2.05) is 19.1 Å². The van der Waals surface area contributed by atoms with E-state index in [4.69, 9.17) is 5.73 Å². The Morgan fingerprint density at radius 1 is 1.35 bits per heavy atom. The highest BCUT2D eigenvalue weighted by Gasteiger charge is 2.26. The molecule has 0 saturated heterocycles. The normalized spacial score (nSPS) is 14.0. The lowest BCUT2D eigenvalue weighted by atomic mass is 10.2. The van der Waals surface area contributed by atoms with E-state index >= 15 is 0 Å². The van der Waals surface area contributed by atoms with Crippen LogP contribution in [-0.4, -0.2) is 32.4 Å². The van der Waals surface area contributed by atoms with Gasteiger partial charge in [-0.1, -0.05) is 12.1 Å². The minimum absolute atomic E-state index is 0.208. The molecule has 0 aromatic heterocycles. The van der Waals surface area contributed by atoms with E-state index in [0.717, 1.165) is 11.1 Å². The highest BCUT2D eigenvalue weighted by molar-refractivity contribution is 7.89. The standard InChI is InChI=1S/C12H20N2O2S/c1-9-5-6-10(2)12(7-9)17(15,16)14(4)11(3)8-13/h5-7,11H,8,13H2,1-4H3. The van der Waals surface area contributed by atoms with Gasteiger partial charge in [-0.3, -0.25) is 0 Å². The molecule has 0 bridgehead atoms. The van der Waals surface area contributed by atoms with Crippen molar-refractivity contribution in [1.82, 2.24) is 4.31 Å². The Hall–Kier alpha value is -0.910. The second-order valence-electron chi connectivity index (χ2n) is 4.37. The zero-order valence-corrected chi connectivity index (χ0v) is 11.6. The molecule has 0 aliphatic rings. The van der Waals surface area contributed by atoms with E-state index in [0.29, 0.717) is 11.4 Å². The van der Waals surface area contributed by atoms with Gasteiger partial charge < -0.3 is 5.73 Å². The van der Waals surface area contributed by atoms with Crippen molar-refractivity contribution in [2.24, 2.45) is 5.73 Å². The summed E-state index contributed by atoms with van der Waals surface area (Å²) < 4.78 is 26.1. The summed E-state index contributed by atoms with van der Waals surface area (Å²) in [5.74, 6) is 0. The Balaban J connectivity index is 3.26. The van der Waals surface area contributed by atoms with E-state index in [1.165, 1.54) is 4.31 Å². The van der Waals surface area contributed by atoms with Crippen LogP contribution in [0.4, 0.5) is 0 Å². The van der Waals surface area contributed by atoms with Crippen LogP contribution in [0.2, 0.25) is 0 Å². The van der Waals surface area contributed by atoms with Crippen molar-refractivity contribution in [2.75, 3.05) is 13.6 Å². The highest BCUT2D eigenvalue weighted by atomic mass is 32.2. The smallest absolute Gasteiger partial charge is 0.243 e. The third kappa shape index (κ3) is 2.86. The molecule has 0 spiro atoms. The number of likely N-dealkylation sites (N-methyl/N-ethyl adjacent to an activating group) is 1. The largest absolute Gasteiger partial charge is 0.329 e. The Morgan fingerprint density at radius 3 is 2.47 bits per heavy atom. The lowest BCUT2D eigenvalue weighted by molar-refractivity contribution is 0.394. The Morgan fingerprint density at radius 2 is 1.94 bits per heavy atom. The molecule has 17 heavy (non-hydrogen) atoms. The molecule has 96 valence electrons. The molecule has 0 aliphatic heterocycles. The fourth-order valence-corrected chi connectivity index (χ4v) is 3.21. The predicted octanol–water partition coefficient (Wildman–Crippen LogP) is 1.27. The lowest BCUT2D eigenvalue weighted by Crippen LogP contribution is -2.39. The van der Waals surface area contributed by atoms with Crippen molar-refractivity contribution in [3.05, 3.63) is 29.3 Å². The van der Waals surface area contributed by atoms with E-state index < -0.39 is 10.0 Å². The molecule has 2 N–H and O–H groups in total. The van der Waals surface area contributed by atoms with E-state index in [-0.39, 0.29) is 6.04 Å². The third-order valence-electron chi connectivity index (χ3n) is 2.96. The van der Waals surface area contributed by atoms with Gasteiger partial charge in [-0.2, -0.15) is 4.31 Å². The first-order valence-corrected chi connectivity index (χ1v) is 7.00. The molecule has 4 nitrogen and oxygen atoms in total. The summed E-state index contributed by atoms with van der Waals surface area (Å²) in [6.07, 6.45) is 0. The van der Waals surface area contributed by atoms with Gasteiger partial charge in [0.2, 0.25) is 10.0 Å². The number of nitrogens with two attached hydrogens (primary N) is 1. The molecule has 0 radical (unpaired) electrons. The number of hydrogen-bond acceptors (Lipinski definition) is 3. The third-order valence-corrected chi connectivity index (χ3v) is 5.08. The van der Waals surface area contributed by atoms with Gasteiger partial charge in [-0.25, -0.2) is 8.42 Å². The number of hydrogen-bond donors (Lipinski definition) is 1. The van der Waals surface area contributed by atoms with Gasteiger partial charge in [0, 0.05) is 19.6 Å². The van der Waals surface area contributed by atoms with Gasteiger partial charge in [0.25, 0.3) is 0 Å². The van der Waals surface area contributed by atoms with Crippen LogP contribution in [0, 0.1) is 13.8 Å². The average Bonchev–Trinajstić information content (AvgIpc) is 2.30. The van der Waals surface area contributed by atoms with Crippen molar-refractivity contribution >= 4 is 10.0 Å². The van der Waals surface area contributed by atoms with Gasteiger partial charge in [0.05, 0.1) is 4.90 Å². The van der Waals surface area contributed by atoms with Crippen LogP contribution < -0.4 is 5.73 Å². The molecule has 1 atom stereocenters. The van der Waals surface area contributed by atoms with E-state index in [1.54, 1.807) is 27.0 Å². The van der Waals surface area contributed by atoms with Crippen LogP contribution in [0.25, 0.3) is 0 Å². The molecule has 0 fully saturated rings. The van der Waals surface area contributed by atoms with Crippen LogP contribution in [0.5, 0.6) is 0 Å². The Labute approximate surface area is 103 Å². The predicted molar refractivity (Wildman–Crippen MR) is 69.4 cm³/mol. The molecule has 0 saturated carbocycles. The van der Waals surface area contributed by atoms with Gasteiger partial charge in [-0.05, 0) is 38.0 Å². The minimum Gasteiger partial charge on any atom is -0.329 e. The summed E-state index contributed by atoms with van der Waals surface area (Å²) in [6, 6.07) is 5.22. The zero-order valence-electron chi connectivity index (χ0n) is 10.8. The number of aryl methyl sites for hydroxylation is 2. The van der Waals surface area contributed by atoms with Crippen molar-refractivity contribution in [1.29, 1.82) is 0 Å². The summed E-state index contributed by atoms with van der Waals surface area (Å²) >= 11 is 0. The van der Waals surface area contributed by atoms with Crippen LogP contribution in [0.3, 0.4) is 0 Å². The number of nitrogens with zero attached hydrogens (tertiary/aromatic N) is 1. The molecule has 0 aliphatic carbocycles. The van der Waals surface area contributed by atoms with Crippen molar-refractivity contribution in [2.45, 2.75) is 31.7 Å². The fraction of sp³-hybridized carbons (Fsp3) is 0.500. The molecule has 1 unspecified atom stereocenters. The maximum atomic E-state index is 12.4. The SMILES string of the molecule is Cc1ccc(C)c(S(=O)(=O)N(C)C(C)CN)c1.